The summed E-state index contributed by atoms with van der Waals surface area (Å²) in [5.74, 6) is 0. The summed E-state index contributed by atoms with van der Waals surface area (Å²) < 4.78 is 0. The molecule has 0 bridgehead atoms. The number of rotatable bonds is 2. The van der Waals surface area contributed by atoms with E-state index >= 15 is 0 Å². The summed E-state index contributed by atoms with van der Waals surface area (Å²) in [5, 5.41) is 2.36. The van der Waals surface area contributed by atoms with Crippen LogP contribution in [0.15, 0.2) is 23.7 Å². The van der Waals surface area contributed by atoms with E-state index in [1.807, 2.05) is 24.4 Å². The van der Waals surface area contributed by atoms with Gasteiger partial charge in [0.05, 0.1) is 5.69 Å². The molecule has 0 saturated carbocycles. The molecule has 2 aromatic heterocycles. The first kappa shape index (κ1) is 9.02. The zero-order valence-corrected chi connectivity index (χ0v) is 8.41. The second-order valence-electron chi connectivity index (χ2n) is 2.88. The minimum atomic E-state index is 0.501. The van der Waals surface area contributed by atoms with Gasteiger partial charge in [-0.1, -0.05) is 0 Å². The topological polar surface area (TPSA) is 42.9 Å². The molecule has 0 unspecified atom stereocenters. The number of aryl methyl sites for hydroxylation is 1. The minimum Gasteiger partial charge on any atom is -0.295 e. The maximum atomic E-state index is 10.4. The van der Waals surface area contributed by atoms with Crippen molar-refractivity contribution in [1.29, 1.82) is 0 Å². The van der Waals surface area contributed by atoms with Crippen LogP contribution in [-0.2, 0) is 0 Å². The van der Waals surface area contributed by atoms with Crippen molar-refractivity contribution in [1.82, 2.24) is 9.97 Å². The van der Waals surface area contributed by atoms with E-state index in [4.69, 9.17) is 0 Å². The lowest BCUT2D eigenvalue weighted by Gasteiger charge is -1.95. The minimum absolute atomic E-state index is 0.501. The van der Waals surface area contributed by atoms with Gasteiger partial charge in [-0.3, -0.25) is 9.78 Å². The fourth-order valence-corrected chi connectivity index (χ4v) is 1.72. The number of hydrogen-bond donors (Lipinski definition) is 0. The monoisotopic (exact) mass is 204 g/mol. The van der Waals surface area contributed by atoms with Crippen LogP contribution in [0.4, 0.5) is 0 Å². The molecule has 0 aliphatic heterocycles. The number of hydrogen-bond acceptors (Lipinski definition) is 4. The molecule has 0 amide bonds. The molecule has 0 radical (unpaired) electrons. The molecule has 70 valence electrons. The van der Waals surface area contributed by atoms with E-state index in [0.29, 0.717) is 5.01 Å². The lowest BCUT2D eigenvalue weighted by Crippen LogP contribution is -1.83. The Hall–Kier alpha value is -1.55. The number of carbonyl (C=O) groups is 1. The highest BCUT2D eigenvalue weighted by Gasteiger charge is 2.03. The van der Waals surface area contributed by atoms with Crippen LogP contribution >= 0.6 is 11.3 Å². The molecule has 2 rings (SSSR count). The molecule has 3 nitrogen and oxygen atoms in total. The van der Waals surface area contributed by atoms with E-state index in [1.165, 1.54) is 11.3 Å². The number of aromatic nitrogens is 2. The van der Waals surface area contributed by atoms with Gasteiger partial charge in [0.1, 0.15) is 0 Å². The first-order valence-electron chi connectivity index (χ1n) is 4.13. The van der Waals surface area contributed by atoms with E-state index in [1.54, 1.807) is 6.20 Å². The van der Waals surface area contributed by atoms with Crippen molar-refractivity contribution in [2.45, 2.75) is 6.92 Å². The van der Waals surface area contributed by atoms with Crippen LogP contribution < -0.4 is 0 Å². The van der Waals surface area contributed by atoms with Gasteiger partial charge in [-0.15, -0.1) is 11.3 Å². The van der Waals surface area contributed by atoms with Gasteiger partial charge in [-0.05, 0) is 19.1 Å². The van der Waals surface area contributed by atoms with Crippen LogP contribution in [0.2, 0.25) is 0 Å². The Kier molecular flexibility index (Phi) is 2.37. The van der Waals surface area contributed by atoms with Crippen molar-refractivity contribution >= 4 is 17.6 Å². The average molecular weight is 204 g/mol. The van der Waals surface area contributed by atoms with Crippen molar-refractivity contribution in [3.63, 3.8) is 0 Å². The Morgan fingerprint density at radius 3 is 2.86 bits per heavy atom. The molecular formula is C10H8N2OS. The third kappa shape index (κ3) is 1.70. The molecule has 14 heavy (non-hydrogen) atoms. The molecule has 0 aliphatic carbocycles. The summed E-state index contributed by atoms with van der Waals surface area (Å²) in [6, 6.07) is 3.88. The van der Waals surface area contributed by atoms with Crippen molar-refractivity contribution < 1.29 is 4.79 Å². The van der Waals surface area contributed by atoms with Gasteiger partial charge in [0.25, 0.3) is 0 Å². The number of pyridine rings is 1. The van der Waals surface area contributed by atoms with Crippen LogP contribution in [0.1, 0.15) is 15.5 Å². The van der Waals surface area contributed by atoms with Gasteiger partial charge in [0, 0.05) is 22.8 Å². The predicted molar refractivity (Wildman–Crippen MR) is 55.5 cm³/mol. The molecule has 0 atom stereocenters. The number of nitrogens with zero attached hydrogens (tertiary/aromatic N) is 2. The average Bonchev–Trinajstić information content (AvgIpc) is 2.67. The number of aldehydes is 1. The third-order valence-corrected chi connectivity index (χ3v) is 2.60. The van der Waals surface area contributed by atoms with Gasteiger partial charge in [-0.2, -0.15) is 0 Å². The molecule has 0 saturated heterocycles. The van der Waals surface area contributed by atoms with E-state index in [-0.39, 0.29) is 0 Å². The Balaban J connectivity index is 2.39. The molecule has 0 spiro atoms. The molecule has 0 fully saturated rings. The highest BCUT2D eigenvalue weighted by Crippen LogP contribution is 2.20. The largest absolute Gasteiger partial charge is 0.295 e. The van der Waals surface area contributed by atoms with Gasteiger partial charge in [0.2, 0.25) is 0 Å². The molecule has 2 aromatic rings. The number of carbonyl (C=O) groups excluding carboxylic acids is 1. The summed E-state index contributed by atoms with van der Waals surface area (Å²) in [5.41, 5.74) is 2.73. The lowest BCUT2D eigenvalue weighted by molar-refractivity contribution is 0.112. The van der Waals surface area contributed by atoms with Crippen LogP contribution in [0.25, 0.3) is 11.3 Å². The Morgan fingerprint density at radius 1 is 1.43 bits per heavy atom. The fraction of sp³-hybridized carbons (Fsp3) is 0.100. The van der Waals surface area contributed by atoms with Gasteiger partial charge >= 0.3 is 0 Å². The predicted octanol–water partition coefficient (Wildman–Crippen LogP) is 2.33. The summed E-state index contributed by atoms with van der Waals surface area (Å²) in [6.45, 7) is 1.93. The maximum Gasteiger partial charge on any atom is 0.178 e. The highest BCUT2D eigenvalue weighted by atomic mass is 32.1. The molecule has 2 heterocycles. The van der Waals surface area contributed by atoms with E-state index in [2.05, 4.69) is 9.97 Å². The second-order valence-corrected chi connectivity index (χ2v) is 3.77. The standard InChI is InChI=1S/C10H8N2OS/c1-7-2-3-8(4-11-7)9-6-14-10(5-13)12-9/h2-6H,1H3. The molecule has 0 aliphatic rings. The SMILES string of the molecule is Cc1ccc(-c2csc(C=O)n2)cn1. The fourth-order valence-electron chi connectivity index (χ4n) is 1.09. The van der Waals surface area contributed by atoms with Crippen molar-refractivity contribution in [3.05, 3.63) is 34.4 Å². The number of thiazole rings is 1. The van der Waals surface area contributed by atoms with Crippen molar-refractivity contribution in [2.75, 3.05) is 0 Å². The van der Waals surface area contributed by atoms with Gasteiger partial charge in [-0.25, -0.2) is 4.98 Å². The highest BCUT2D eigenvalue weighted by molar-refractivity contribution is 7.11. The smallest absolute Gasteiger partial charge is 0.178 e. The quantitative estimate of drug-likeness (QED) is 0.705. The van der Waals surface area contributed by atoms with Crippen molar-refractivity contribution in [3.8, 4) is 11.3 Å². The first-order valence-corrected chi connectivity index (χ1v) is 5.01. The normalized spacial score (nSPS) is 10.1. The summed E-state index contributed by atoms with van der Waals surface area (Å²) in [4.78, 5) is 18.7. The van der Waals surface area contributed by atoms with Crippen LogP contribution in [0.5, 0.6) is 0 Å². The summed E-state index contributed by atoms with van der Waals surface area (Å²) in [6.07, 6.45) is 2.52. The van der Waals surface area contributed by atoms with Gasteiger partial charge < -0.3 is 0 Å². The van der Waals surface area contributed by atoms with E-state index < -0.39 is 0 Å². The Labute approximate surface area is 85.5 Å². The lowest BCUT2D eigenvalue weighted by atomic mass is 10.2. The van der Waals surface area contributed by atoms with E-state index in [9.17, 15) is 4.79 Å². The van der Waals surface area contributed by atoms with Crippen molar-refractivity contribution in [2.24, 2.45) is 0 Å². The third-order valence-electron chi connectivity index (χ3n) is 1.83. The van der Waals surface area contributed by atoms with Gasteiger partial charge in [0.15, 0.2) is 11.3 Å². The molecule has 0 N–H and O–H groups in total. The van der Waals surface area contributed by atoms with E-state index in [0.717, 1.165) is 23.2 Å². The maximum absolute atomic E-state index is 10.4. The first-order chi connectivity index (χ1) is 6.79. The summed E-state index contributed by atoms with van der Waals surface area (Å²) >= 11 is 1.34. The van der Waals surface area contributed by atoms with Crippen LogP contribution in [0.3, 0.4) is 0 Å². The summed E-state index contributed by atoms with van der Waals surface area (Å²) in [7, 11) is 0. The Morgan fingerprint density at radius 2 is 2.29 bits per heavy atom. The molecule has 0 aromatic carbocycles. The van der Waals surface area contributed by atoms with Crippen LogP contribution in [-0.4, -0.2) is 16.3 Å². The Bertz CT molecular complexity index is 447. The molecular weight excluding hydrogens is 196 g/mol. The van der Waals surface area contributed by atoms with Crippen LogP contribution in [0, 0.1) is 6.92 Å². The zero-order chi connectivity index (χ0) is 9.97. The second kappa shape index (κ2) is 3.67. The zero-order valence-electron chi connectivity index (χ0n) is 7.60. The molecule has 4 heteroatoms.